The molecular formula is C10H14N2O2S. The Morgan fingerprint density at radius 1 is 1.67 bits per heavy atom. The van der Waals surface area contributed by atoms with Gasteiger partial charge in [0.15, 0.2) is 0 Å². The van der Waals surface area contributed by atoms with Crippen LogP contribution in [0.1, 0.15) is 24.2 Å². The van der Waals surface area contributed by atoms with Gasteiger partial charge in [-0.15, -0.1) is 0 Å². The molecule has 0 bridgehead atoms. The van der Waals surface area contributed by atoms with Crippen molar-refractivity contribution in [1.82, 2.24) is 5.32 Å². The molecule has 1 aromatic rings. The van der Waals surface area contributed by atoms with Crippen LogP contribution >= 0.6 is 12.2 Å². The monoisotopic (exact) mass is 226 g/mol. The third-order valence-electron chi connectivity index (χ3n) is 2.14. The van der Waals surface area contributed by atoms with Crippen LogP contribution in [0, 0.1) is 5.41 Å². The number of nitrogens with two attached hydrogens (primary N) is 1. The second-order valence-electron chi connectivity index (χ2n) is 3.94. The summed E-state index contributed by atoms with van der Waals surface area (Å²) in [5.74, 6) is -0.187. The minimum Gasteiger partial charge on any atom is -0.472 e. The molecule has 0 fully saturated rings. The molecule has 0 atom stereocenters. The van der Waals surface area contributed by atoms with Crippen LogP contribution in [0.15, 0.2) is 23.0 Å². The molecular weight excluding hydrogens is 212 g/mol. The molecule has 3 N–H and O–H groups in total. The fourth-order valence-electron chi connectivity index (χ4n) is 0.884. The van der Waals surface area contributed by atoms with Crippen LogP contribution in [0.3, 0.4) is 0 Å². The van der Waals surface area contributed by atoms with Gasteiger partial charge in [-0.05, 0) is 6.07 Å². The Bertz CT molecular complexity index is 358. The molecule has 0 aliphatic heterocycles. The van der Waals surface area contributed by atoms with E-state index in [1.54, 1.807) is 6.07 Å². The van der Waals surface area contributed by atoms with Crippen molar-refractivity contribution in [1.29, 1.82) is 0 Å². The van der Waals surface area contributed by atoms with Gasteiger partial charge in [0.25, 0.3) is 5.91 Å². The van der Waals surface area contributed by atoms with Crippen LogP contribution in [0.25, 0.3) is 0 Å². The van der Waals surface area contributed by atoms with E-state index in [0.29, 0.717) is 17.1 Å². The molecule has 4 nitrogen and oxygen atoms in total. The zero-order chi connectivity index (χ0) is 11.5. The summed E-state index contributed by atoms with van der Waals surface area (Å²) in [6.07, 6.45) is 2.84. The quantitative estimate of drug-likeness (QED) is 0.760. The molecule has 0 saturated heterocycles. The molecule has 1 rings (SSSR count). The lowest BCUT2D eigenvalue weighted by molar-refractivity contribution is 0.0944. The number of rotatable bonds is 4. The van der Waals surface area contributed by atoms with E-state index in [2.05, 4.69) is 5.32 Å². The highest BCUT2D eigenvalue weighted by atomic mass is 32.1. The van der Waals surface area contributed by atoms with Gasteiger partial charge in [0.05, 0.1) is 16.8 Å². The Morgan fingerprint density at radius 2 is 2.33 bits per heavy atom. The van der Waals surface area contributed by atoms with Crippen molar-refractivity contribution in [3.63, 3.8) is 0 Å². The smallest absolute Gasteiger partial charge is 0.254 e. The lowest BCUT2D eigenvalue weighted by atomic mass is 9.93. The normalized spacial score (nSPS) is 11.1. The highest BCUT2D eigenvalue weighted by Crippen LogP contribution is 2.13. The summed E-state index contributed by atoms with van der Waals surface area (Å²) in [5.41, 5.74) is 5.65. The molecule has 1 heterocycles. The van der Waals surface area contributed by atoms with Crippen molar-refractivity contribution in [3.8, 4) is 0 Å². The average Bonchev–Trinajstić information content (AvgIpc) is 2.66. The Hall–Kier alpha value is -1.36. The first-order valence-corrected chi connectivity index (χ1v) is 4.94. The van der Waals surface area contributed by atoms with E-state index in [0.717, 1.165) is 0 Å². The molecule has 0 saturated carbocycles. The Kier molecular flexibility index (Phi) is 3.47. The summed E-state index contributed by atoms with van der Waals surface area (Å²) in [4.78, 5) is 11.9. The van der Waals surface area contributed by atoms with Gasteiger partial charge in [-0.1, -0.05) is 26.1 Å². The van der Waals surface area contributed by atoms with Crippen LogP contribution in [0.2, 0.25) is 0 Å². The molecule has 0 aliphatic carbocycles. The third kappa shape index (κ3) is 3.06. The summed E-state index contributed by atoms with van der Waals surface area (Å²) >= 11 is 4.89. The molecule has 1 aromatic heterocycles. The summed E-state index contributed by atoms with van der Waals surface area (Å²) in [5, 5.41) is 2.74. The Morgan fingerprint density at radius 3 is 2.80 bits per heavy atom. The molecule has 0 radical (unpaired) electrons. The van der Waals surface area contributed by atoms with Crippen LogP contribution in [0.4, 0.5) is 0 Å². The number of carbonyl (C=O) groups is 1. The van der Waals surface area contributed by atoms with Crippen molar-refractivity contribution in [2.45, 2.75) is 13.8 Å². The molecule has 0 aliphatic rings. The maximum absolute atomic E-state index is 11.5. The van der Waals surface area contributed by atoms with E-state index >= 15 is 0 Å². The van der Waals surface area contributed by atoms with Crippen LogP contribution in [-0.4, -0.2) is 17.4 Å². The Labute approximate surface area is 93.8 Å². The maximum atomic E-state index is 11.5. The number of amides is 1. The number of hydrogen-bond donors (Lipinski definition) is 2. The zero-order valence-corrected chi connectivity index (χ0v) is 9.56. The summed E-state index contributed by atoms with van der Waals surface area (Å²) in [6, 6.07) is 1.60. The van der Waals surface area contributed by atoms with Crippen LogP contribution in [-0.2, 0) is 0 Å². The van der Waals surface area contributed by atoms with Crippen molar-refractivity contribution >= 4 is 23.1 Å². The number of furan rings is 1. The minimum absolute atomic E-state index is 0.187. The molecule has 5 heteroatoms. The predicted molar refractivity (Wildman–Crippen MR) is 61.6 cm³/mol. The SMILES string of the molecule is CC(C)(CNC(=O)c1ccoc1)C(N)=S. The van der Waals surface area contributed by atoms with Crippen LogP contribution < -0.4 is 11.1 Å². The lowest BCUT2D eigenvalue weighted by Gasteiger charge is -2.23. The average molecular weight is 226 g/mol. The van der Waals surface area contributed by atoms with Gasteiger partial charge in [-0.2, -0.15) is 0 Å². The first-order chi connectivity index (χ1) is 6.93. The van der Waals surface area contributed by atoms with Gasteiger partial charge < -0.3 is 15.5 Å². The number of thiocarbonyl (C=S) groups is 1. The molecule has 0 unspecified atom stereocenters. The van der Waals surface area contributed by atoms with E-state index in [9.17, 15) is 4.79 Å². The Balaban J connectivity index is 2.51. The molecule has 1 amide bonds. The van der Waals surface area contributed by atoms with Crippen molar-refractivity contribution in [2.24, 2.45) is 11.1 Å². The van der Waals surface area contributed by atoms with Gasteiger partial charge in [-0.3, -0.25) is 4.79 Å². The van der Waals surface area contributed by atoms with E-state index < -0.39 is 0 Å². The van der Waals surface area contributed by atoms with E-state index in [1.807, 2.05) is 13.8 Å². The zero-order valence-electron chi connectivity index (χ0n) is 8.74. The van der Waals surface area contributed by atoms with Crippen molar-refractivity contribution in [2.75, 3.05) is 6.54 Å². The number of nitrogens with one attached hydrogen (secondary N) is 1. The van der Waals surface area contributed by atoms with Crippen molar-refractivity contribution in [3.05, 3.63) is 24.2 Å². The fourth-order valence-corrected chi connectivity index (χ4v) is 0.956. The van der Waals surface area contributed by atoms with Gasteiger partial charge in [0, 0.05) is 12.0 Å². The maximum Gasteiger partial charge on any atom is 0.254 e. The summed E-state index contributed by atoms with van der Waals surface area (Å²) in [7, 11) is 0. The second kappa shape index (κ2) is 4.44. The van der Waals surface area contributed by atoms with E-state index in [-0.39, 0.29) is 11.3 Å². The standard InChI is InChI=1S/C10H14N2O2S/c1-10(2,9(11)15)6-12-8(13)7-3-4-14-5-7/h3-5H,6H2,1-2H3,(H2,11,15)(H,12,13). The van der Waals surface area contributed by atoms with Crippen LogP contribution in [0.5, 0.6) is 0 Å². The van der Waals surface area contributed by atoms with Gasteiger partial charge in [0.2, 0.25) is 0 Å². The van der Waals surface area contributed by atoms with E-state index in [4.69, 9.17) is 22.4 Å². The minimum atomic E-state index is -0.380. The van der Waals surface area contributed by atoms with Gasteiger partial charge in [-0.25, -0.2) is 0 Å². The molecule has 0 aromatic carbocycles. The lowest BCUT2D eigenvalue weighted by Crippen LogP contribution is -2.41. The van der Waals surface area contributed by atoms with Gasteiger partial charge >= 0.3 is 0 Å². The molecule has 0 spiro atoms. The first kappa shape index (κ1) is 11.7. The number of carbonyl (C=O) groups excluding carboxylic acids is 1. The fraction of sp³-hybridized carbons (Fsp3) is 0.400. The second-order valence-corrected chi connectivity index (χ2v) is 4.38. The number of hydrogen-bond acceptors (Lipinski definition) is 3. The molecule has 82 valence electrons. The topological polar surface area (TPSA) is 68.3 Å². The summed E-state index contributed by atoms with van der Waals surface area (Å²) in [6.45, 7) is 4.17. The third-order valence-corrected chi connectivity index (χ3v) is 2.69. The van der Waals surface area contributed by atoms with E-state index in [1.165, 1.54) is 12.5 Å². The largest absolute Gasteiger partial charge is 0.472 e. The highest BCUT2D eigenvalue weighted by molar-refractivity contribution is 7.80. The highest BCUT2D eigenvalue weighted by Gasteiger charge is 2.22. The summed E-state index contributed by atoms with van der Waals surface area (Å²) < 4.78 is 4.80. The molecule has 15 heavy (non-hydrogen) atoms. The first-order valence-electron chi connectivity index (χ1n) is 4.54. The van der Waals surface area contributed by atoms with Gasteiger partial charge in [0.1, 0.15) is 6.26 Å². The van der Waals surface area contributed by atoms with Crippen molar-refractivity contribution < 1.29 is 9.21 Å². The predicted octanol–water partition coefficient (Wildman–Crippen LogP) is 1.32.